The van der Waals surface area contributed by atoms with Gasteiger partial charge in [0, 0.05) is 12.4 Å². The minimum Gasteiger partial charge on any atom is -0.376 e. The van der Waals surface area contributed by atoms with E-state index in [2.05, 4.69) is 27.8 Å². The molecule has 2 aromatic rings. The fraction of sp³-hybridized carbons (Fsp3) is 0.500. The lowest BCUT2D eigenvalue weighted by Gasteiger charge is -2.25. The van der Waals surface area contributed by atoms with Crippen LogP contribution in [0.5, 0.6) is 0 Å². The third kappa shape index (κ3) is 4.63. The summed E-state index contributed by atoms with van der Waals surface area (Å²) < 4.78 is 6.25. The van der Waals surface area contributed by atoms with E-state index < -0.39 is 0 Å². The van der Waals surface area contributed by atoms with E-state index in [0.717, 1.165) is 42.2 Å². The lowest BCUT2D eigenvalue weighted by molar-refractivity contribution is 0.0518. The molecule has 1 saturated carbocycles. The van der Waals surface area contributed by atoms with Gasteiger partial charge < -0.3 is 15.4 Å². The molecule has 27 heavy (non-hydrogen) atoms. The van der Waals surface area contributed by atoms with E-state index in [4.69, 9.17) is 16.3 Å². The van der Waals surface area contributed by atoms with E-state index in [1.165, 1.54) is 36.8 Å². The number of hydrogen-bond donors (Lipinski definition) is 2. The maximum Gasteiger partial charge on any atom is 0.0763 e. The number of halogens is 1. The summed E-state index contributed by atoms with van der Waals surface area (Å²) in [6.45, 7) is 2.64. The van der Waals surface area contributed by atoms with E-state index in [1.807, 2.05) is 24.5 Å². The highest BCUT2D eigenvalue weighted by Crippen LogP contribution is 2.34. The van der Waals surface area contributed by atoms with Crippen molar-refractivity contribution >= 4 is 17.3 Å². The first-order chi connectivity index (χ1) is 13.3. The number of aromatic nitrogens is 1. The third-order valence-electron chi connectivity index (χ3n) is 5.69. The van der Waals surface area contributed by atoms with E-state index in [0.29, 0.717) is 12.7 Å². The average molecular weight is 386 g/mol. The number of benzene rings is 1. The van der Waals surface area contributed by atoms with Crippen LogP contribution in [0.15, 0.2) is 36.7 Å². The van der Waals surface area contributed by atoms with Crippen molar-refractivity contribution < 1.29 is 4.74 Å². The molecule has 0 radical (unpaired) electrons. The number of anilines is 1. The SMILES string of the molecule is Clc1ccc2c(c1NC(COC1CCCC1)c1cccnc1)CCNCC2. The molecule has 1 aliphatic carbocycles. The number of nitrogens with one attached hydrogen (secondary N) is 2. The van der Waals surface area contributed by atoms with Crippen molar-refractivity contribution in [2.45, 2.75) is 50.7 Å². The first-order valence-corrected chi connectivity index (χ1v) is 10.5. The Kier molecular flexibility index (Phi) is 6.28. The van der Waals surface area contributed by atoms with E-state index in [1.54, 1.807) is 0 Å². The van der Waals surface area contributed by atoms with E-state index >= 15 is 0 Å². The Balaban J connectivity index is 1.59. The Morgan fingerprint density at radius 3 is 2.85 bits per heavy atom. The highest BCUT2D eigenvalue weighted by atomic mass is 35.5. The second-order valence-corrected chi connectivity index (χ2v) is 7.94. The molecule has 5 heteroatoms. The fourth-order valence-electron chi connectivity index (χ4n) is 4.16. The summed E-state index contributed by atoms with van der Waals surface area (Å²) in [5.74, 6) is 0. The standard InChI is InChI=1S/C22H28ClN3O/c23-20-8-7-16-9-12-24-13-10-19(16)22(20)26-21(17-4-3-11-25-14-17)15-27-18-5-1-2-6-18/h3-4,7-8,11,14,18,21,24,26H,1-2,5-6,9-10,12-13,15H2. The quantitative estimate of drug-likeness (QED) is 0.766. The fourth-order valence-corrected chi connectivity index (χ4v) is 4.40. The lowest BCUT2D eigenvalue weighted by Crippen LogP contribution is -2.22. The predicted octanol–water partition coefficient (Wildman–Crippen LogP) is 4.54. The van der Waals surface area contributed by atoms with Crippen LogP contribution in [0, 0.1) is 0 Å². The van der Waals surface area contributed by atoms with Crippen molar-refractivity contribution in [2.24, 2.45) is 0 Å². The lowest BCUT2D eigenvalue weighted by atomic mass is 9.99. The van der Waals surface area contributed by atoms with Gasteiger partial charge in [-0.05, 0) is 67.6 Å². The van der Waals surface area contributed by atoms with Crippen LogP contribution in [0.3, 0.4) is 0 Å². The maximum atomic E-state index is 6.63. The third-order valence-corrected chi connectivity index (χ3v) is 6.00. The number of ether oxygens (including phenoxy) is 1. The van der Waals surface area contributed by atoms with Gasteiger partial charge in [-0.2, -0.15) is 0 Å². The molecule has 144 valence electrons. The zero-order valence-corrected chi connectivity index (χ0v) is 16.5. The Hall–Kier alpha value is -1.62. The number of rotatable bonds is 6. The zero-order valence-electron chi connectivity index (χ0n) is 15.7. The largest absolute Gasteiger partial charge is 0.376 e. The summed E-state index contributed by atoms with van der Waals surface area (Å²) in [5.41, 5.74) is 4.91. The topological polar surface area (TPSA) is 46.2 Å². The van der Waals surface area contributed by atoms with Gasteiger partial charge in [0.1, 0.15) is 0 Å². The van der Waals surface area contributed by atoms with E-state index in [-0.39, 0.29) is 6.04 Å². The zero-order chi connectivity index (χ0) is 18.5. The molecular weight excluding hydrogens is 358 g/mol. The van der Waals surface area contributed by atoms with Gasteiger partial charge in [0.05, 0.1) is 29.5 Å². The van der Waals surface area contributed by atoms with Crippen molar-refractivity contribution in [2.75, 3.05) is 25.0 Å². The molecule has 2 heterocycles. The van der Waals surface area contributed by atoms with Gasteiger partial charge in [0.2, 0.25) is 0 Å². The van der Waals surface area contributed by atoms with Crippen molar-refractivity contribution in [3.8, 4) is 0 Å². The Morgan fingerprint density at radius 2 is 2.04 bits per heavy atom. The summed E-state index contributed by atoms with van der Waals surface area (Å²) in [4.78, 5) is 4.31. The van der Waals surface area contributed by atoms with Gasteiger partial charge in [-0.3, -0.25) is 4.98 Å². The highest BCUT2D eigenvalue weighted by molar-refractivity contribution is 6.33. The number of nitrogens with zero attached hydrogens (tertiary/aromatic N) is 1. The van der Waals surface area contributed by atoms with Crippen LogP contribution in [0.4, 0.5) is 5.69 Å². The van der Waals surface area contributed by atoms with Gasteiger partial charge in [-0.25, -0.2) is 0 Å². The van der Waals surface area contributed by atoms with Crippen molar-refractivity contribution in [1.29, 1.82) is 0 Å². The highest BCUT2D eigenvalue weighted by Gasteiger charge is 2.22. The van der Waals surface area contributed by atoms with Crippen molar-refractivity contribution in [3.05, 3.63) is 58.4 Å². The molecule has 1 aromatic heterocycles. The van der Waals surface area contributed by atoms with Crippen LogP contribution in [0.25, 0.3) is 0 Å². The summed E-state index contributed by atoms with van der Waals surface area (Å²) in [7, 11) is 0. The molecule has 0 saturated heterocycles. The Labute approximate surface area is 166 Å². The molecule has 2 N–H and O–H groups in total. The molecule has 0 amide bonds. The Morgan fingerprint density at radius 1 is 1.19 bits per heavy atom. The summed E-state index contributed by atoms with van der Waals surface area (Å²) >= 11 is 6.63. The minimum atomic E-state index is 0.0412. The van der Waals surface area contributed by atoms with Gasteiger partial charge in [-0.1, -0.05) is 36.6 Å². The molecule has 1 aromatic carbocycles. The molecule has 1 fully saturated rings. The monoisotopic (exact) mass is 385 g/mol. The molecule has 2 aliphatic rings. The second kappa shape index (κ2) is 9.05. The van der Waals surface area contributed by atoms with Gasteiger partial charge in [-0.15, -0.1) is 0 Å². The number of pyridine rings is 1. The first-order valence-electron chi connectivity index (χ1n) is 10.1. The number of fused-ring (bicyclic) bond motifs is 1. The van der Waals surface area contributed by atoms with Crippen LogP contribution >= 0.6 is 11.6 Å². The molecule has 0 bridgehead atoms. The van der Waals surface area contributed by atoms with Crippen LogP contribution in [-0.2, 0) is 17.6 Å². The van der Waals surface area contributed by atoms with E-state index in [9.17, 15) is 0 Å². The molecule has 1 atom stereocenters. The molecule has 0 spiro atoms. The molecule has 1 unspecified atom stereocenters. The van der Waals surface area contributed by atoms with Crippen molar-refractivity contribution in [3.63, 3.8) is 0 Å². The second-order valence-electron chi connectivity index (χ2n) is 7.53. The normalized spacial score (nSPS) is 18.7. The van der Waals surface area contributed by atoms with Crippen LogP contribution in [-0.4, -0.2) is 30.8 Å². The molecule has 4 rings (SSSR count). The maximum absolute atomic E-state index is 6.63. The number of hydrogen-bond acceptors (Lipinski definition) is 4. The predicted molar refractivity (Wildman–Crippen MR) is 111 cm³/mol. The van der Waals surface area contributed by atoms with Gasteiger partial charge >= 0.3 is 0 Å². The summed E-state index contributed by atoms with van der Waals surface area (Å²) in [5, 5.41) is 7.98. The van der Waals surface area contributed by atoms with Gasteiger partial charge in [0.15, 0.2) is 0 Å². The van der Waals surface area contributed by atoms with Crippen LogP contribution < -0.4 is 10.6 Å². The van der Waals surface area contributed by atoms with Gasteiger partial charge in [0.25, 0.3) is 0 Å². The van der Waals surface area contributed by atoms with Crippen LogP contribution in [0.1, 0.15) is 48.4 Å². The summed E-state index contributed by atoms with van der Waals surface area (Å²) in [6, 6.07) is 8.33. The average Bonchev–Trinajstić information content (AvgIpc) is 3.11. The van der Waals surface area contributed by atoms with Crippen molar-refractivity contribution in [1.82, 2.24) is 10.3 Å². The smallest absolute Gasteiger partial charge is 0.0763 e. The summed E-state index contributed by atoms with van der Waals surface area (Å²) in [6.07, 6.45) is 11.1. The molecule has 4 nitrogen and oxygen atoms in total. The Bertz CT molecular complexity index is 747. The van der Waals surface area contributed by atoms with Crippen LogP contribution in [0.2, 0.25) is 5.02 Å². The molecular formula is C22H28ClN3O. The molecule has 1 aliphatic heterocycles. The first kappa shape index (κ1) is 18.7. The minimum absolute atomic E-state index is 0.0412.